The predicted molar refractivity (Wildman–Crippen MR) is 83.3 cm³/mol. The highest BCUT2D eigenvalue weighted by atomic mass is 16.5. The fourth-order valence-electron chi connectivity index (χ4n) is 3.17. The summed E-state index contributed by atoms with van der Waals surface area (Å²) in [6.07, 6.45) is 6.17. The van der Waals surface area contributed by atoms with E-state index in [1.807, 2.05) is 12.1 Å². The number of anilines is 1. The molecule has 4 heteroatoms. The third-order valence-electron chi connectivity index (χ3n) is 4.39. The van der Waals surface area contributed by atoms with Gasteiger partial charge in [0.05, 0.1) is 6.10 Å². The maximum atomic E-state index is 12.2. The molecule has 21 heavy (non-hydrogen) atoms. The van der Waals surface area contributed by atoms with Crippen LogP contribution in [0.5, 0.6) is 0 Å². The maximum absolute atomic E-state index is 12.2. The number of rotatable bonds is 4. The van der Waals surface area contributed by atoms with Gasteiger partial charge in [0.25, 0.3) is 0 Å². The molecule has 3 rings (SSSR count). The van der Waals surface area contributed by atoms with E-state index < -0.39 is 0 Å². The lowest BCUT2D eigenvalue weighted by Crippen LogP contribution is -2.26. The monoisotopic (exact) mass is 288 g/mol. The van der Waals surface area contributed by atoms with Gasteiger partial charge in [0.1, 0.15) is 0 Å². The molecular weight excluding hydrogens is 264 g/mol. The number of amides is 1. The minimum Gasteiger partial charge on any atom is -0.378 e. The van der Waals surface area contributed by atoms with E-state index in [1.165, 1.54) is 17.5 Å². The summed E-state index contributed by atoms with van der Waals surface area (Å²) in [6.45, 7) is 2.71. The third-order valence-corrected chi connectivity index (χ3v) is 4.39. The van der Waals surface area contributed by atoms with Gasteiger partial charge in [0.15, 0.2) is 0 Å². The van der Waals surface area contributed by atoms with Gasteiger partial charge in [-0.25, -0.2) is 0 Å². The molecule has 1 atom stereocenters. The van der Waals surface area contributed by atoms with Crippen LogP contribution in [0.15, 0.2) is 18.2 Å². The molecule has 2 N–H and O–H groups in total. The summed E-state index contributed by atoms with van der Waals surface area (Å²) >= 11 is 0. The van der Waals surface area contributed by atoms with Crippen LogP contribution in [0.2, 0.25) is 0 Å². The van der Waals surface area contributed by atoms with Crippen molar-refractivity contribution in [2.45, 2.75) is 51.2 Å². The predicted octanol–water partition coefficient (Wildman–Crippen LogP) is 2.62. The zero-order valence-electron chi connectivity index (χ0n) is 12.5. The molecule has 1 aromatic carbocycles. The molecule has 1 aromatic rings. The van der Waals surface area contributed by atoms with E-state index >= 15 is 0 Å². The molecule has 0 bridgehead atoms. The molecule has 2 heterocycles. The van der Waals surface area contributed by atoms with Crippen LogP contribution in [0, 0.1) is 0 Å². The summed E-state index contributed by atoms with van der Waals surface area (Å²) in [5.41, 5.74) is 3.56. The molecule has 0 radical (unpaired) electrons. The highest BCUT2D eigenvalue weighted by Gasteiger charge is 2.17. The van der Waals surface area contributed by atoms with Gasteiger partial charge in [-0.3, -0.25) is 4.79 Å². The number of hydrogen-bond donors (Lipinski definition) is 2. The van der Waals surface area contributed by atoms with Gasteiger partial charge in [-0.1, -0.05) is 12.1 Å². The molecule has 1 saturated heterocycles. The number of hydrogen-bond acceptors (Lipinski definition) is 3. The van der Waals surface area contributed by atoms with Crippen LogP contribution in [-0.4, -0.2) is 25.2 Å². The SMILES string of the molecule is O=C(CCC1CCCCO1)Nc1cccc2c1CNCC2. The van der Waals surface area contributed by atoms with Crippen molar-refractivity contribution in [3.05, 3.63) is 29.3 Å². The first-order valence-corrected chi connectivity index (χ1v) is 8.06. The van der Waals surface area contributed by atoms with E-state index in [0.717, 1.165) is 51.1 Å². The Morgan fingerprint density at radius 1 is 1.38 bits per heavy atom. The third kappa shape index (κ3) is 3.83. The van der Waals surface area contributed by atoms with Gasteiger partial charge < -0.3 is 15.4 Å². The Kier molecular flexibility index (Phi) is 4.88. The fourth-order valence-corrected chi connectivity index (χ4v) is 3.17. The number of benzene rings is 1. The van der Waals surface area contributed by atoms with Crippen molar-refractivity contribution in [1.82, 2.24) is 5.32 Å². The van der Waals surface area contributed by atoms with E-state index in [0.29, 0.717) is 6.42 Å². The molecule has 114 valence electrons. The Bertz CT molecular complexity index is 496. The smallest absolute Gasteiger partial charge is 0.224 e. The van der Waals surface area contributed by atoms with E-state index in [1.54, 1.807) is 0 Å². The highest BCUT2D eigenvalue weighted by Crippen LogP contribution is 2.23. The van der Waals surface area contributed by atoms with E-state index in [9.17, 15) is 4.79 Å². The minimum absolute atomic E-state index is 0.100. The molecule has 0 spiro atoms. The van der Waals surface area contributed by atoms with Crippen LogP contribution < -0.4 is 10.6 Å². The van der Waals surface area contributed by atoms with Crippen molar-refractivity contribution in [3.63, 3.8) is 0 Å². The second kappa shape index (κ2) is 7.05. The van der Waals surface area contributed by atoms with Gasteiger partial charge in [0, 0.05) is 25.3 Å². The first-order valence-electron chi connectivity index (χ1n) is 8.06. The Hall–Kier alpha value is -1.39. The van der Waals surface area contributed by atoms with Crippen LogP contribution in [0.4, 0.5) is 5.69 Å². The Labute approximate surface area is 126 Å². The summed E-state index contributed by atoms with van der Waals surface area (Å²) in [4.78, 5) is 12.2. The number of carbonyl (C=O) groups is 1. The van der Waals surface area contributed by atoms with Crippen LogP contribution in [0.3, 0.4) is 0 Å². The number of ether oxygens (including phenoxy) is 1. The van der Waals surface area contributed by atoms with Gasteiger partial charge in [-0.15, -0.1) is 0 Å². The lowest BCUT2D eigenvalue weighted by atomic mass is 9.99. The molecule has 4 nitrogen and oxygen atoms in total. The molecule has 1 unspecified atom stereocenters. The van der Waals surface area contributed by atoms with Crippen molar-refractivity contribution in [1.29, 1.82) is 0 Å². The topological polar surface area (TPSA) is 50.4 Å². The first-order chi connectivity index (χ1) is 10.3. The molecule has 1 amide bonds. The number of fused-ring (bicyclic) bond motifs is 1. The van der Waals surface area contributed by atoms with Crippen molar-refractivity contribution >= 4 is 11.6 Å². The summed E-state index contributed by atoms with van der Waals surface area (Å²) in [7, 11) is 0. The lowest BCUT2D eigenvalue weighted by molar-refractivity contribution is -0.117. The molecule has 0 aromatic heterocycles. The second-order valence-electron chi connectivity index (χ2n) is 5.95. The Morgan fingerprint density at radius 2 is 2.33 bits per heavy atom. The zero-order valence-corrected chi connectivity index (χ0v) is 12.5. The lowest BCUT2D eigenvalue weighted by Gasteiger charge is -2.23. The second-order valence-corrected chi connectivity index (χ2v) is 5.95. The molecule has 2 aliphatic rings. The Balaban J connectivity index is 1.55. The summed E-state index contributed by atoms with van der Waals surface area (Å²) in [5.74, 6) is 0.100. The summed E-state index contributed by atoms with van der Waals surface area (Å²) < 4.78 is 5.68. The van der Waals surface area contributed by atoms with Crippen molar-refractivity contribution < 1.29 is 9.53 Å². The van der Waals surface area contributed by atoms with Gasteiger partial charge in [-0.2, -0.15) is 0 Å². The Morgan fingerprint density at radius 3 is 3.19 bits per heavy atom. The number of carbonyl (C=O) groups excluding carboxylic acids is 1. The minimum atomic E-state index is 0.100. The average molecular weight is 288 g/mol. The molecular formula is C17H24N2O2. The number of nitrogens with one attached hydrogen (secondary N) is 2. The molecule has 2 aliphatic heterocycles. The standard InChI is InChI=1S/C17H24N2O2/c20-17(8-7-14-5-1-2-11-21-14)19-16-6-3-4-13-9-10-18-12-15(13)16/h3-4,6,14,18H,1-2,5,7-12H2,(H,19,20). The largest absolute Gasteiger partial charge is 0.378 e. The quantitative estimate of drug-likeness (QED) is 0.895. The van der Waals surface area contributed by atoms with Crippen molar-refractivity contribution in [2.24, 2.45) is 0 Å². The maximum Gasteiger partial charge on any atom is 0.224 e. The molecule has 0 saturated carbocycles. The van der Waals surface area contributed by atoms with Crippen LogP contribution in [0.1, 0.15) is 43.2 Å². The van der Waals surface area contributed by atoms with Gasteiger partial charge in [0.2, 0.25) is 5.91 Å². The zero-order chi connectivity index (χ0) is 14.5. The normalized spacial score (nSPS) is 21.6. The molecule has 1 fully saturated rings. The molecule has 0 aliphatic carbocycles. The summed E-state index contributed by atoms with van der Waals surface area (Å²) in [5, 5.41) is 6.44. The van der Waals surface area contributed by atoms with Crippen LogP contribution >= 0.6 is 0 Å². The average Bonchev–Trinajstić information content (AvgIpc) is 2.54. The first kappa shape index (κ1) is 14.5. The van der Waals surface area contributed by atoms with Gasteiger partial charge >= 0.3 is 0 Å². The van der Waals surface area contributed by atoms with E-state index in [4.69, 9.17) is 4.74 Å². The van der Waals surface area contributed by atoms with E-state index in [2.05, 4.69) is 16.7 Å². The fraction of sp³-hybridized carbons (Fsp3) is 0.588. The van der Waals surface area contributed by atoms with Crippen molar-refractivity contribution in [2.75, 3.05) is 18.5 Å². The van der Waals surface area contributed by atoms with Crippen molar-refractivity contribution in [3.8, 4) is 0 Å². The summed E-state index contributed by atoms with van der Waals surface area (Å²) in [6, 6.07) is 6.19. The van der Waals surface area contributed by atoms with Crippen LogP contribution in [0.25, 0.3) is 0 Å². The van der Waals surface area contributed by atoms with Gasteiger partial charge in [-0.05, 0) is 55.8 Å². The van der Waals surface area contributed by atoms with Crippen LogP contribution in [-0.2, 0) is 22.5 Å². The highest BCUT2D eigenvalue weighted by molar-refractivity contribution is 5.91. The van der Waals surface area contributed by atoms with E-state index in [-0.39, 0.29) is 12.0 Å².